The zero-order valence-corrected chi connectivity index (χ0v) is 63.2. The van der Waals surface area contributed by atoms with Gasteiger partial charge >= 0.3 is 0 Å². The van der Waals surface area contributed by atoms with E-state index in [4.69, 9.17) is 13.3 Å². The summed E-state index contributed by atoms with van der Waals surface area (Å²) in [6.45, 7) is 55.8. The van der Waals surface area contributed by atoms with Gasteiger partial charge in [0, 0.05) is 0 Å². The predicted molar refractivity (Wildman–Crippen MR) is 376 cm³/mol. The second-order valence-electron chi connectivity index (χ2n) is 34.3. The van der Waals surface area contributed by atoms with E-state index in [0.717, 1.165) is 55.4 Å². The molecule has 6 aliphatic carbocycles. The topological polar surface area (TPSA) is 109 Å². The van der Waals surface area contributed by atoms with E-state index in [0.29, 0.717) is 52.8 Å². The summed E-state index contributed by atoms with van der Waals surface area (Å²) in [7, 11) is -6.10. The van der Waals surface area contributed by atoms with Crippen LogP contribution >= 0.6 is 0 Å². The molecule has 10 heteroatoms. The van der Waals surface area contributed by atoms with Crippen molar-refractivity contribution in [1.82, 2.24) is 0 Å². The summed E-state index contributed by atoms with van der Waals surface area (Å²) >= 11 is 0. The van der Waals surface area contributed by atoms with Gasteiger partial charge in [0.1, 0.15) is 11.2 Å². The second-order valence-corrected chi connectivity index (χ2v) is 48.2. The van der Waals surface area contributed by atoms with Crippen LogP contribution in [0.25, 0.3) is 0 Å². The van der Waals surface area contributed by atoms with Crippen LogP contribution in [0.5, 0.6) is 0 Å². The van der Waals surface area contributed by atoms with Gasteiger partial charge in [-0.15, -0.1) is 0 Å². The molecule has 7 nitrogen and oxygen atoms in total. The Balaban J connectivity index is 0.000000342. The standard InChI is InChI=1S/C46H88O3Si3.C30H48O4/c1-20-44(10,21-2)31-23-22-25-35(3)38-29-30-39-37(26-24-32-45(38,39)11)28-27-36-33-40(47-51(16,17)42(4,5)6)46(12,49-50(13,14)15)41(34-36)48-52(18,19)43(7,8)9;1-6-30(34,7-2)18-9-8-11-21(3)24-15-16-25-23(12-10-17-28(24,25)4)14-13-22-19-26(31)29(5,33)27(32)20-22/h22-23,25,27,31,35,37-41H,20-21,24,26,28-30,32-34H2,1-19H3;8-9,11,13-14,18,21,24-27,31-34H,6-7,10,12,15-17,19-20H2,1-5H3/b25-22+,31-23+,36-27?;11-8+,18-9+,22-13?,23-14+/t35-,37-,38?,39?,40-,41?,45?,46?;21-,24?,25?,26-,27-,28?,29?/m11/s1. The lowest BCUT2D eigenvalue weighted by Gasteiger charge is -2.55. The molecule has 4 N–H and O–H groups in total. The molecule has 0 spiro atoms. The number of allylic oxidation sites excluding steroid dienone is 11. The summed E-state index contributed by atoms with van der Waals surface area (Å²) in [6, 6.07) is 0. The number of hydrogen-bond donors (Lipinski definition) is 4. The summed E-state index contributed by atoms with van der Waals surface area (Å²) in [5.41, 5.74) is 2.52. The first-order chi connectivity index (χ1) is 39.5. The van der Waals surface area contributed by atoms with Crippen LogP contribution in [0, 0.1) is 57.7 Å². The van der Waals surface area contributed by atoms with Gasteiger partial charge in [-0.05, 0) is 243 Å². The average molecular weight is 1250 g/mol. The maximum absolute atomic E-state index is 10.5. The van der Waals surface area contributed by atoms with E-state index in [9.17, 15) is 20.4 Å². The first-order valence-electron chi connectivity index (χ1n) is 35.2. The summed E-state index contributed by atoms with van der Waals surface area (Å²) in [6.07, 6.45) is 44.0. The molecule has 0 heterocycles. The Labute approximate surface area is 533 Å². The maximum Gasteiger partial charge on any atom is 0.192 e. The van der Waals surface area contributed by atoms with E-state index < -0.39 is 54.0 Å². The van der Waals surface area contributed by atoms with Crippen molar-refractivity contribution in [3.63, 3.8) is 0 Å². The zero-order chi connectivity index (χ0) is 64.9. The van der Waals surface area contributed by atoms with Crippen molar-refractivity contribution in [2.45, 2.75) is 337 Å². The SMILES string of the molecule is CCC(C)(/C=C/C=C/[C@@H](C)C1CCC2[C@@H](CC=C3CC(O[Si](C)(C)C(C)(C)C)C(C)(O[Si](C)(C)C)[C@H](O[Si](C)(C)C(C)(C)C)C3)CCCC21C)CC.CCC(O)(/C=C/C=C/[C@@H](C)C1CCC2/C(=C/C=C3C[C@@H](O)C(C)(O)[C@H](O)C3)CCCC21C)CC. The minimum atomic E-state index is -2.08. The van der Waals surface area contributed by atoms with Crippen molar-refractivity contribution in [3.05, 3.63) is 83.6 Å². The number of aliphatic hydroxyl groups excluding tert-OH is 2. The molecular weight excluding hydrogens is 1110 g/mol. The molecule has 6 rings (SSSR count). The highest BCUT2D eigenvalue weighted by Crippen LogP contribution is 2.62. The molecule has 0 aromatic rings. The van der Waals surface area contributed by atoms with E-state index in [1.165, 1.54) is 89.5 Å². The summed E-state index contributed by atoms with van der Waals surface area (Å²) in [4.78, 5) is 0. The van der Waals surface area contributed by atoms with Gasteiger partial charge < -0.3 is 33.7 Å². The highest BCUT2D eigenvalue weighted by atomic mass is 28.4. The lowest BCUT2D eigenvalue weighted by molar-refractivity contribution is -0.144. The minimum Gasteiger partial charge on any atom is -0.411 e. The smallest absolute Gasteiger partial charge is 0.192 e. The van der Waals surface area contributed by atoms with E-state index in [2.05, 4.69) is 197 Å². The fraction of sp³-hybridized carbons (Fsp3) is 0.816. The van der Waals surface area contributed by atoms with Crippen LogP contribution in [-0.2, 0) is 13.3 Å². The van der Waals surface area contributed by atoms with Gasteiger partial charge in [0.25, 0.3) is 0 Å². The third kappa shape index (κ3) is 18.0. The number of hydrogen-bond acceptors (Lipinski definition) is 7. The number of fused-ring (bicyclic) bond motifs is 2. The largest absolute Gasteiger partial charge is 0.411 e. The van der Waals surface area contributed by atoms with Gasteiger partial charge in [-0.2, -0.15) is 0 Å². The van der Waals surface area contributed by atoms with Gasteiger partial charge in [0.15, 0.2) is 25.0 Å². The van der Waals surface area contributed by atoms with E-state index >= 15 is 0 Å². The first kappa shape index (κ1) is 75.3. The van der Waals surface area contributed by atoms with Crippen LogP contribution in [0.3, 0.4) is 0 Å². The number of rotatable bonds is 21. The summed E-state index contributed by atoms with van der Waals surface area (Å²) in [5.74, 6) is 4.70. The van der Waals surface area contributed by atoms with E-state index in [1.54, 1.807) is 5.57 Å². The molecule has 0 bridgehead atoms. The average Bonchev–Trinajstić information content (AvgIpc) is 1.29. The zero-order valence-electron chi connectivity index (χ0n) is 60.2. The van der Waals surface area contributed by atoms with Crippen molar-refractivity contribution >= 4 is 25.0 Å². The van der Waals surface area contributed by atoms with Crippen molar-refractivity contribution in [2.75, 3.05) is 0 Å². The Morgan fingerprint density at radius 3 is 1.57 bits per heavy atom. The molecule has 6 aliphatic rings. The third-order valence-corrected chi connectivity index (χ3v) is 35.2. The molecule has 86 heavy (non-hydrogen) atoms. The maximum atomic E-state index is 10.5. The molecule has 0 aliphatic heterocycles. The fourth-order valence-electron chi connectivity index (χ4n) is 16.3. The number of aliphatic hydroxyl groups is 4. The second kappa shape index (κ2) is 29.2. The molecule has 0 aromatic heterocycles. The van der Waals surface area contributed by atoms with Crippen LogP contribution in [0.4, 0.5) is 0 Å². The minimum absolute atomic E-state index is 0.00317. The Morgan fingerprint density at radius 2 is 1.08 bits per heavy atom. The highest BCUT2D eigenvalue weighted by molar-refractivity contribution is 6.74. The Morgan fingerprint density at radius 1 is 0.593 bits per heavy atom. The summed E-state index contributed by atoms with van der Waals surface area (Å²) < 4.78 is 22.3. The molecule has 0 amide bonds. The van der Waals surface area contributed by atoms with Crippen molar-refractivity contribution in [1.29, 1.82) is 0 Å². The van der Waals surface area contributed by atoms with Crippen LogP contribution in [0.2, 0.25) is 55.9 Å². The van der Waals surface area contributed by atoms with Crippen molar-refractivity contribution < 1.29 is 33.7 Å². The van der Waals surface area contributed by atoms with E-state index in [-0.39, 0.29) is 22.3 Å². The highest BCUT2D eigenvalue weighted by Gasteiger charge is 2.57. The van der Waals surface area contributed by atoms with Crippen molar-refractivity contribution in [3.8, 4) is 0 Å². The molecule has 8 unspecified atom stereocenters. The first-order valence-corrected chi connectivity index (χ1v) is 44.4. The normalized spacial score (nSPS) is 35.4. The van der Waals surface area contributed by atoms with Crippen LogP contribution in [0.15, 0.2) is 83.6 Å². The van der Waals surface area contributed by atoms with Gasteiger partial charge in [-0.25, -0.2) is 0 Å². The van der Waals surface area contributed by atoms with Crippen LogP contribution < -0.4 is 0 Å². The molecule has 0 radical (unpaired) electrons. The molecule has 494 valence electrons. The monoisotopic (exact) mass is 1240 g/mol. The molecule has 0 saturated heterocycles. The Bertz CT molecular complexity index is 2340. The predicted octanol–water partition coefficient (Wildman–Crippen LogP) is 20.5. The van der Waals surface area contributed by atoms with Crippen molar-refractivity contribution in [2.24, 2.45) is 57.7 Å². The Hall–Kier alpha value is -1.45. The van der Waals surface area contributed by atoms with Gasteiger partial charge in [0.2, 0.25) is 0 Å². The van der Waals surface area contributed by atoms with Gasteiger partial charge in [-0.3, -0.25) is 0 Å². The van der Waals surface area contributed by atoms with Crippen LogP contribution in [0.1, 0.15) is 240 Å². The Kier molecular flexibility index (Phi) is 25.6. The summed E-state index contributed by atoms with van der Waals surface area (Å²) in [5, 5.41) is 41.5. The quantitative estimate of drug-likeness (QED) is 0.0515. The molecule has 6 saturated carbocycles. The van der Waals surface area contributed by atoms with Crippen LogP contribution in [-0.4, -0.2) is 86.6 Å². The molecule has 6 fully saturated rings. The van der Waals surface area contributed by atoms with Gasteiger partial charge in [0.05, 0.1) is 30.0 Å². The molecular formula is C76H136O7Si3. The molecule has 14 atom stereocenters. The fourth-order valence-corrected chi connectivity index (χ4v) is 20.7. The lowest BCUT2D eigenvalue weighted by Crippen LogP contribution is -2.65. The third-order valence-electron chi connectivity index (χ3n) is 25.1. The van der Waals surface area contributed by atoms with E-state index in [1.807, 2.05) is 26.0 Å². The lowest BCUT2D eigenvalue weighted by atomic mass is 9.59. The molecule has 0 aromatic carbocycles. The van der Waals surface area contributed by atoms with Gasteiger partial charge in [-0.1, -0.05) is 194 Å².